The largest absolute Gasteiger partial charge is 0.478 e. The van der Waals surface area contributed by atoms with Gasteiger partial charge in [-0.1, -0.05) is 42.5 Å². The number of amides is 1. The van der Waals surface area contributed by atoms with Crippen LogP contribution < -0.4 is 26.6 Å². The summed E-state index contributed by atoms with van der Waals surface area (Å²) in [6.07, 6.45) is 2.73. The first-order valence-corrected chi connectivity index (χ1v) is 16.6. The molecule has 0 heterocycles. The van der Waals surface area contributed by atoms with E-state index in [9.17, 15) is 23.1 Å². The average Bonchev–Trinajstić information content (AvgIpc) is 3.03. The summed E-state index contributed by atoms with van der Waals surface area (Å²) in [5.41, 5.74) is 9.78. The zero-order valence-corrected chi connectivity index (χ0v) is 26.1. The maximum absolute atomic E-state index is 13.2. The molecule has 1 aliphatic carbocycles. The summed E-state index contributed by atoms with van der Waals surface area (Å²) in [5, 5.41) is 15.1. The predicted octanol–water partition coefficient (Wildman–Crippen LogP) is 3.37. The average molecular weight is 631 g/mol. The number of rotatable bonds is 11. The molecule has 2 unspecified atom stereocenters. The molecule has 0 aliphatic heterocycles. The van der Waals surface area contributed by atoms with Crippen molar-refractivity contribution in [3.05, 3.63) is 118 Å². The number of carbonyl (C=O) groups excluding carboxylic acids is 1. The topological polar surface area (TPSA) is 166 Å². The van der Waals surface area contributed by atoms with Crippen LogP contribution in [-0.4, -0.2) is 31.7 Å². The minimum atomic E-state index is -3.41. The zero-order chi connectivity index (χ0) is 32.1. The summed E-state index contributed by atoms with van der Waals surface area (Å²) >= 11 is 0. The van der Waals surface area contributed by atoms with Gasteiger partial charge < -0.3 is 20.5 Å². The van der Waals surface area contributed by atoms with Crippen molar-refractivity contribution in [3.63, 3.8) is 0 Å². The molecule has 0 bridgehead atoms. The molecule has 2 atom stereocenters. The van der Waals surface area contributed by atoms with E-state index in [2.05, 4.69) is 28.7 Å². The second-order valence-corrected chi connectivity index (χ2v) is 13.3. The summed E-state index contributed by atoms with van der Waals surface area (Å²) in [4.78, 5) is 25.4. The number of carbonyl (C=O) groups is 2. The Morgan fingerprint density at radius 1 is 1.04 bits per heavy atom. The molecule has 0 spiro atoms. The second kappa shape index (κ2) is 13.5. The Hall–Kier alpha value is -4.71. The van der Waals surface area contributed by atoms with E-state index >= 15 is 0 Å². The number of quaternary nitrogens is 2. The molecule has 1 aliphatic rings. The van der Waals surface area contributed by atoms with Crippen LogP contribution in [0.1, 0.15) is 63.2 Å². The summed E-state index contributed by atoms with van der Waals surface area (Å²) in [6.45, 7) is 2.48. The number of aryl methyl sites for hydroxylation is 2. The minimum absolute atomic E-state index is 0.0186. The maximum atomic E-state index is 13.2. The third-order valence-electron chi connectivity index (χ3n) is 8.13. The monoisotopic (exact) mass is 630 g/mol. The molecule has 45 heavy (non-hydrogen) atoms. The number of hydrogen-bond acceptors (Lipinski definition) is 6. The number of hydrogen-bond donors (Lipinski definition) is 5. The third kappa shape index (κ3) is 7.51. The zero-order valence-electron chi connectivity index (χ0n) is 25.2. The molecule has 234 valence electrons. The molecule has 0 fully saturated rings. The van der Waals surface area contributed by atoms with Gasteiger partial charge >= 0.3 is 5.97 Å². The van der Waals surface area contributed by atoms with Crippen LogP contribution in [0, 0.1) is 6.92 Å². The minimum Gasteiger partial charge on any atom is -0.478 e. The summed E-state index contributed by atoms with van der Waals surface area (Å²) in [7, 11) is -3.41. The molecular formula is C34H38N4O6S+2. The van der Waals surface area contributed by atoms with Crippen molar-refractivity contribution in [1.29, 1.82) is 0 Å². The van der Waals surface area contributed by atoms with E-state index in [-0.39, 0.29) is 16.8 Å². The number of anilines is 1. The van der Waals surface area contributed by atoms with E-state index in [0.717, 1.165) is 42.3 Å². The number of benzene rings is 4. The lowest BCUT2D eigenvalue weighted by Crippen LogP contribution is -2.77. The van der Waals surface area contributed by atoms with Gasteiger partial charge in [-0.05, 0) is 79.3 Å². The highest BCUT2D eigenvalue weighted by Crippen LogP contribution is 2.30. The van der Waals surface area contributed by atoms with E-state index in [1.165, 1.54) is 35.4 Å². The van der Waals surface area contributed by atoms with Crippen LogP contribution in [0.3, 0.4) is 0 Å². The number of carboxylic acid groups (broad SMARTS) is 1. The number of fused-ring (bicyclic) bond motifs is 1. The van der Waals surface area contributed by atoms with Crippen molar-refractivity contribution < 1.29 is 39.0 Å². The van der Waals surface area contributed by atoms with Gasteiger partial charge in [-0.15, -0.1) is 0 Å². The fraction of sp³-hybridized carbons (Fsp3) is 0.235. The van der Waals surface area contributed by atoms with Gasteiger partial charge in [0.15, 0.2) is 15.5 Å². The van der Waals surface area contributed by atoms with E-state index in [1.54, 1.807) is 24.3 Å². The summed E-state index contributed by atoms with van der Waals surface area (Å²) < 4.78 is 29.5. The Balaban J connectivity index is 1.27. The number of ether oxygens (including phenoxy) is 1. The highest BCUT2D eigenvalue weighted by Gasteiger charge is 2.24. The van der Waals surface area contributed by atoms with Gasteiger partial charge in [0, 0.05) is 29.0 Å². The summed E-state index contributed by atoms with van der Waals surface area (Å²) in [6, 6.07) is 24.7. The van der Waals surface area contributed by atoms with Crippen molar-refractivity contribution in [2.24, 2.45) is 0 Å². The number of sulfone groups is 1. The van der Waals surface area contributed by atoms with Crippen molar-refractivity contribution in [1.82, 2.24) is 5.32 Å². The number of carboxylic acids is 1. The Kier molecular flexibility index (Phi) is 9.52. The molecule has 8 N–H and O–H groups in total. The molecular weight excluding hydrogens is 592 g/mol. The molecule has 11 heteroatoms. The lowest BCUT2D eigenvalue weighted by Gasteiger charge is -2.26. The molecule has 1 amide bonds. The van der Waals surface area contributed by atoms with Crippen LogP contribution in [-0.2, 0) is 27.6 Å². The van der Waals surface area contributed by atoms with Crippen LogP contribution in [0.2, 0.25) is 0 Å². The standard InChI is InChI=1S/C34H36N4O6S/c1-21-10-14-26(44-32(34(40)41)23-11-15-27(16-12-23)45(2,42)43)18-25(21)20-36-30-17-13-24(19-31(30)38-35)33(39)37-29-9-5-7-22-6-3-4-8-28(22)29/h3-4,6,8,10-19,29,32,36,38H,5,7,9,20,35H2,1-2H3,(H,37,39)(H,40,41)/p+2. The fourth-order valence-corrected chi connectivity index (χ4v) is 6.25. The van der Waals surface area contributed by atoms with E-state index < -0.39 is 21.9 Å². The van der Waals surface area contributed by atoms with Crippen molar-refractivity contribution in [2.75, 3.05) is 11.7 Å². The molecule has 4 aromatic rings. The smallest absolute Gasteiger partial charge is 0.349 e. The Bertz CT molecular complexity index is 1830. The fourth-order valence-electron chi connectivity index (χ4n) is 5.62. The first kappa shape index (κ1) is 31.7. The van der Waals surface area contributed by atoms with E-state index in [4.69, 9.17) is 4.74 Å². The van der Waals surface area contributed by atoms with Gasteiger partial charge in [-0.3, -0.25) is 10.6 Å². The summed E-state index contributed by atoms with van der Waals surface area (Å²) in [5.74, 6) is 2.87. The van der Waals surface area contributed by atoms with Crippen LogP contribution in [0.4, 0.5) is 11.4 Å². The van der Waals surface area contributed by atoms with Crippen molar-refractivity contribution in [3.8, 4) is 5.75 Å². The van der Waals surface area contributed by atoms with Gasteiger partial charge in [0.1, 0.15) is 18.0 Å². The Morgan fingerprint density at radius 2 is 1.80 bits per heavy atom. The molecule has 0 radical (unpaired) electrons. The van der Waals surface area contributed by atoms with Gasteiger partial charge in [0.05, 0.1) is 10.9 Å². The maximum Gasteiger partial charge on any atom is 0.349 e. The second-order valence-electron chi connectivity index (χ2n) is 11.3. The highest BCUT2D eigenvalue weighted by molar-refractivity contribution is 7.90. The molecule has 10 nitrogen and oxygen atoms in total. The molecule has 0 saturated carbocycles. The van der Waals surface area contributed by atoms with Gasteiger partial charge in [-0.25, -0.2) is 18.6 Å². The molecule has 0 saturated heterocycles. The lowest BCUT2D eigenvalue weighted by atomic mass is 9.87. The van der Waals surface area contributed by atoms with Crippen molar-refractivity contribution in [2.45, 2.75) is 49.8 Å². The van der Waals surface area contributed by atoms with Gasteiger partial charge in [-0.2, -0.15) is 0 Å². The number of aliphatic carboxylic acids is 1. The van der Waals surface area contributed by atoms with Gasteiger partial charge in [0.25, 0.3) is 5.91 Å². The quantitative estimate of drug-likeness (QED) is 0.125. The van der Waals surface area contributed by atoms with Crippen LogP contribution >= 0.6 is 0 Å². The highest BCUT2D eigenvalue weighted by atomic mass is 32.2. The Labute approximate surface area is 262 Å². The van der Waals surface area contributed by atoms with E-state index in [0.29, 0.717) is 29.1 Å². The molecule has 4 aromatic carbocycles. The van der Waals surface area contributed by atoms with Crippen LogP contribution in [0.25, 0.3) is 0 Å². The lowest BCUT2D eigenvalue weighted by molar-refractivity contribution is -0.588. The predicted molar refractivity (Wildman–Crippen MR) is 170 cm³/mol. The first-order valence-electron chi connectivity index (χ1n) is 14.7. The van der Waals surface area contributed by atoms with Gasteiger partial charge in [0.2, 0.25) is 6.10 Å². The Morgan fingerprint density at radius 3 is 2.51 bits per heavy atom. The van der Waals surface area contributed by atoms with Crippen LogP contribution in [0.15, 0.2) is 89.8 Å². The number of nitrogens with one attached hydrogen (secondary N) is 2. The normalized spacial score (nSPS) is 15.0. The number of nitrogens with two attached hydrogens (primary N) is 1. The van der Waals surface area contributed by atoms with E-state index in [1.807, 2.05) is 36.5 Å². The molecule has 5 rings (SSSR count). The molecule has 0 aromatic heterocycles. The SMILES string of the molecule is Cc1ccc(OC(C(=O)O)c2ccc(S(C)(=O)=O)cc2)cc1C[NH2+]c1ccc(C(=O)NC2CCCc3ccccc32)cc1N[NH3+]. The first-order chi connectivity index (χ1) is 21.5. The van der Waals surface area contributed by atoms with Crippen molar-refractivity contribution >= 4 is 33.1 Å². The third-order valence-corrected chi connectivity index (χ3v) is 9.26. The van der Waals surface area contributed by atoms with Crippen LogP contribution in [0.5, 0.6) is 5.75 Å².